The van der Waals surface area contributed by atoms with Crippen molar-refractivity contribution in [2.75, 3.05) is 32.1 Å². The number of nitrogens with zero attached hydrogens (tertiary/aromatic N) is 2. The summed E-state index contributed by atoms with van der Waals surface area (Å²) in [6.45, 7) is 6.79. The van der Waals surface area contributed by atoms with Crippen LogP contribution in [0, 0.1) is 5.82 Å². The van der Waals surface area contributed by atoms with Gasteiger partial charge in [-0.25, -0.2) is 4.39 Å². The Kier molecular flexibility index (Phi) is 5.59. The fourth-order valence-corrected chi connectivity index (χ4v) is 2.95. The third-order valence-corrected chi connectivity index (χ3v) is 4.21. The quantitative estimate of drug-likeness (QED) is 0.900. The molecular formula is C17H28FN3. The lowest BCUT2D eigenvalue weighted by Crippen LogP contribution is -2.45. The molecule has 1 saturated heterocycles. The Morgan fingerprint density at radius 1 is 1.38 bits per heavy atom. The maximum absolute atomic E-state index is 14.4. The van der Waals surface area contributed by atoms with Crippen LogP contribution in [-0.4, -0.2) is 44.2 Å². The van der Waals surface area contributed by atoms with Gasteiger partial charge in [0.25, 0.3) is 0 Å². The number of hydrogen-bond donors (Lipinski definition) is 1. The fraction of sp³-hybridized carbons (Fsp3) is 0.647. The number of halogens is 1. The molecule has 0 bridgehead atoms. The van der Waals surface area contributed by atoms with Crippen LogP contribution in [0.5, 0.6) is 0 Å². The van der Waals surface area contributed by atoms with Crippen molar-refractivity contribution in [1.29, 1.82) is 0 Å². The minimum absolute atomic E-state index is 0.0996. The highest BCUT2D eigenvalue weighted by Gasteiger charge is 2.25. The largest absolute Gasteiger partial charge is 0.367 e. The number of para-hydroxylation sites is 1. The molecule has 2 rings (SSSR count). The molecule has 3 nitrogen and oxygen atoms in total. The summed E-state index contributed by atoms with van der Waals surface area (Å²) in [4.78, 5) is 4.47. The van der Waals surface area contributed by atoms with Crippen LogP contribution >= 0.6 is 0 Å². The maximum atomic E-state index is 14.4. The van der Waals surface area contributed by atoms with Crippen LogP contribution in [-0.2, 0) is 6.54 Å². The van der Waals surface area contributed by atoms with Gasteiger partial charge >= 0.3 is 0 Å². The summed E-state index contributed by atoms with van der Waals surface area (Å²) in [6, 6.07) is 6.32. The van der Waals surface area contributed by atoms with Crippen molar-refractivity contribution in [3.05, 3.63) is 29.6 Å². The van der Waals surface area contributed by atoms with Crippen LogP contribution in [0.15, 0.2) is 18.2 Å². The highest BCUT2D eigenvalue weighted by Crippen LogP contribution is 2.28. The van der Waals surface area contributed by atoms with Gasteiger partial charge < -0.3 is 15.1 Å². The van der Waals surface area contributed by atoms with Crippen LogP contribution in [0.3, 0.4) is 0 Å². The lowest BCUT2D eigenvalue weighted by molar-refractivity contribution is 0.257. The molecule has 0 aliphatic carbocycles. The molecule has 0 aromatic heterocycles. The zero-order valence-corrected chi connectivity index (χ0v) is 13.7. The van der Waals surface area contributed by atoms with Gasteiger partial charge in [0, 0.05) is 31.7 Å². The second kappa shape index (κ2) is 7.23. The monoisotopic (exact) mass is 293 g/mol. The maximum Gasteiger partial charge on any atom is 0.146 e. The number of nitrogens with one attached hydrogen (secondary N) is 1. The predicted molar refractivity (Wildman–Crippen MR) is 87.3 cm³/mol. The number of benzene rings is 1. The normalized spacial score (nSPS) is 19.6. The molecule has 1 aliphatic rings. The van der Waals surface area contributed by atoms with Gasteiger partial charge in [0.1, 0.15) is 5.82 Å². The molecule has 1 fully saturated rings. The van der Waals surface area contributed by atoms with E-state index >= 15 is 0 Å². The van der Waals surface area contributed by atoms with Gasteiger partial charge in [-0.2, -0.15) is 0 Å². The number of anilines is 1. The van der Waals surface area contributed by atoms with E-state index in [4.69, 9.17) is 0 Å². The Balaban J connectivity index is 2.20. The van der Waals surface area contributed by atoms with Gasteiger partial charge in [-0.15, -0.1) is 0 Å². The van der Waals surface area contributed by atoms with E-state index in [9.17, 15) is 4.39 Å². The van der Waals surface area contributed by atoms with E-state index in [-0.39, 0.29) is 5.82 Å². The molecule has 1 aliphatic heterocycles. The van der Waals surface area contributed by atoms with Gasteiger partial charge in [0.05, 0.1) is 5.69 Å². The standard InChI is InChI=1S/C17H28FN3/c1-13(2)19-11-14-7-5-9-16(18)17(14)21-10-6-8-15(12-21)20(3)4/h5,7,9,13,15,19H,6,8,10-12H2,1-4H3. The van der Waals surface area contributed by atoms with E-state index < -0.39 is 0 Å². The highest BCUT2D eigenvalue weighted by molar-refractivity contribution is 5.55. The van der Waals surface area contributed by atoms with E-state index in [0.717, 1.165) is 30.8 Å². The molecule has 1 aromatic carbocycles. The van der Waals surface area contributed by atoms with Crippen LogP contribution < -0.4 is 10.2 Å². The first-order chi connectivity index (χ1) is 9.99. The number of likely N-dealkylation sites (N-methyl/N-ethyl adjacent to an activating group) is 1. The molecule has 0 radical (unpaired) electrons. The molecule has 0 saturated carbocycles. The van der Waals surface area contributed by atoms with E-state index in [2.05, 4.69) is 43.1 Å². The van der Waals surface area contributed by atoms with Crippen molar-refractivity contribution in [1.82, 2.24) is 10.2 Å². The number of hydrogen-bond acceptors (Lipinski definition) is 3. The minimum atomic E-state index is -0.0996. The summed E-state index contributed by atoms with van der Waals surface area (Å²) in [5.41, 5.74) is 1.85. The van der Waals surface area contributed by atoms with Crippen molar-refractivity contribution in [2.45, 2.75) is 45.3 Å². The molecule has 118 valence electrons. The molecule has 0 amide bonds. The SMILES string of the molecule is CC(C)NCc1cccc(F)c1N1CCCC(N(C)C)C1. The van der Waals surface area contributed by atoms with Crippen molar-refractivity contribution in [2.24, 2.45) is 0 Å². The van der Waals surface area contributed by atoms with E-state index in [1.165, 1.54) is 6.42 Å². The third kappa shape index (κ3) is 4.17. The lowest BCUT2D eigenvalue weighted by Gasteiger charge is -2.38. The molecule has 0 spiro atoms. The number of piperidine rings is 1. The van der Waals surface area contributed by atoms with Gasteiger partial charge in [0.15, 0.2) is 0 Å². The summed E-state index contributed by atoms with van der Waals surface area (Å²) in [6.07, 6.45) is 2.31. The van der Waals surface area contributed by atoms with Crippen LogP contribution in [0.25, 0.3) is 0 Å². The zero-order chi connectivity index (χ0) is 15.4. The van der Waals surface area contributed by atoms with Crippen molar-refractivity contribution < 1.29 is 4.39 Å². The first-order valence-electron chi connectivity index (χ1n) is 7.91. The molecular weight excluding hydrogens is 265 g/mol. The predicted octanol–water partition coefficient (Wildman–Crippen LogP) is 2.85. The van der Waals surface area contributed by atoms with Crippen LogP contribution in [0.1, 0.15) is 32.3 Å². The van der Waals surface area contributed by atoms with Gasteiger partial charge in [-0.3, -0.25) is 0 Å². The van der Waals surface area contributed by atoms with Crippen molar-refractivity contribution in [3.8, 4) is 0 Å². The lowest BCUT2D eigenvalue weighted by atomic mass is 10.0. The Hall–Kier alpha value is -1.13. The zero-order valence-electron chi connectivity index (χ0n) is 13.7. The summed E-state index contributed by atoms with van der Waals surface area (Å²) >= 11 is 0. The van der Waals surface area contributed by atoms with Gasteiger partial charge in [-0.05, 0) is 38.6 Å². The van der Waals surface area contributed by atoms with E-state index in [0.29, 0.717) is 18.6 Å². The van der Waals surface area contributed by atoms with Crippen molar-refractivity contribution in [3.63, 3.8) is 0 Å². The summed E-state index contributed by atoms with van der Waals surface area (Å²) in [7, 11) is 4.22. The Morgan fingerprint density at radius 2 is 2.14 bits per heavy atom. The average Bonchev–Trinajstić information content (AvgIpc) is 2.45. The smallest absolute Gasteiger partial charge is 0.146 e. The Bertz CT molecular complexity index is 459. The first kappa shape index (κ1) is 16.2. The Labute approximate surface area is 128 Å². The molecule has 1 heterocycles. The highest BCUT2D eigenvalue weighted by atomic mass is 19.1. The summed E-state index contributed by atoms with van der Waals surface area (Å²) in [5, 5.41) is 3.40. The molecule has 1 aromatic rings. The first-order valence-corrected chi connectivity index (χ1v) is 7.91. The molecule has 1 unspecified atom stereocenters. The van der Waals surface area contributed by atoms with E-state index in [1.807, 2.05) is 12.1 Å². The van der Waals surface area contributed by atoms with Gasteiger partial charge in [0.2, 0.25) is 0 Å². The molecule has 21 heavy (non-hydrogen) atoms. The molecule has 1 N–H and O–H groups in total. The average molecular weight is 293 g/mol. The van der Waals surface area contributed by atoms with Crippen molar-refractivity contribution >= 4 is 5.69 Å². The second-order valence-corrected chi connectivity index (χ2v) is 6.49. The molecule has 1 atom stereocenters. The summed E-state index contributed by atoms with van der Waals surface area (Å²) < 4.78 is 14.4. The topological polar surface area (TPSA) is 18.5 Å². The molecule has 4 heteroatoms. The van der Waals surface area contributed by atoms with Crippen LogP contribution in [0.2, 0.25) is 0 Å². The second-order valence-electron chi connectivity index (χ2n) is 6.49. The third-order valence-electron chi connectivity index (χ3n) is 4.21. The minimum Gasteiger partial charge on any atom is -0.367 e. The fourth-order valence-electron chi connectivity index (χ4n) is 2.95. The van der Waals surface area contributed by atoms with E-state index in [1.54, 1.807) is 6.07 Å². The Morgan fingerprint density at radius 3 is 2.81 bits per heavy atom. The number of rotatable bonds is 5. The summed E-state index contributed by atoms with van der Waals surface area (Å²) in [5.74, 6) is -0.0996. The van der Waals surface area contributed by atoms with Crippen LogP contribution in [0.4, 0.5) is 10.1 Å². The van der Waals surface area contributed by atoms with Gasteiger partial charge in [-0.1, -0.05) is 26.0 Å².